The summed E-state index contributed by atoms with van der Waals surface area (Å²) >= 11 is 0. The Balaban J connectivity index is 1.88. The first kappa shape index (κ1) is 15.1. The van der Waals surface area contributed by atoms with Crippen LogP contribution >= 0.6 is 0 Å². The van der Waals surface area contributed by atoms with E-state index in [2.05, 4.69) is 65.7 Å². The molecule has 1 aliphatic heterocycles. The Bertz CT molecular complexity index is 606. The Kier molecular flexibility index (Phi) is 4.79. The van der Waals surface area contributed by atoms with Crippen LogP contribution in [-0.2, 0) is 13.0 Å². The van der Waals surface area contributed by atoms with Crippen LogP contribution in [0.5, 0.6) is 0 Å². The Hall–Kier alpha value is -1.80. The number of nitrogens with zero attached hydrogens (tertiary/aromatic N) is 1. The van der Waals surface area contributed by atoms with Crippen LogP contribution in [0.25, 0.3) is 0 Å². The lowest BCUT2D eigenvalue weighted by atomic mass is 9.92. The van der Waals surface area contributed by atoms with Crippen LogP contribution in [0.4, 0.5) is 5.69 Å². The Morgan fingerprint density at radius 1 is 1.09 bits per heavy atom. The van der Waals surface area contributed by atoms with E-state index in [1.165, 1.54) is 28.8 Å². The van der Waals surface area contributed by atoms with E-state index < -0.39 is 0 Å². The summed E-state index contributed by atoms with van der Waals surface area (Å²) in [6, 6.07) is 17.9. The molecule has 22 heavy (non-hydrogen) atoms. The maximum absolute atomic E-state index is 3.26. The van der Waals surface area contributed by atoms with Crippen LogP contribution in [0, 0.1) is 0 Å². The molecule has 1 aliphatic rings. The predicted octanol–water partition coefficient (Wildman–Crippen LogP) is 3.96. The van der Waals surface area contributed by atoms with Crippen LogP contribution in [0.15, 0.2) is 48.5 Å². The van der Waals surface area contributed by atoms with Crippen molar-refractivity contribution >= 4 is 5.69 Å². The summed E-state index contributed by atoms with van der Waals surface area (Å²) in [6.07, 6.45) is 2.34. The second-order valence-corrected chi connectivity index (χ2v) is 6.26. The molecular weight excluding hydrogens is 268 g/mol. The fourth-order valence-corrected chi connectivity index (χ4v) is 3.55. The lowest BCUT2D eigenvalue weighted by Crippen LogP contribution is -2.23. The standard InChI is InChI=1S/C20H26N2/c1-3-11-22-15-18(12-16-7-5-4-6-8-16)19-13-17(14-21-2)9-10-20(19)22/h4-10,13,18,21H,3,11-12,14-15H2,1-2H3. The van der Waals surface area contributed by atoms with E-state index in [9.17, 15) is 0 Å². The van der Waals surface area contributed by atoms with Gasteiger partial charge in [-0.1, -0.05) is 49.4 Å². The van der Waals surface area contributed by atoms with Gasteiger partial charge in [-0.3, -0.25) is 0 Å². The van der Waals surface area contributed by atoms with Crippen LogP contribution in [0.3, 0.4) is 0 Å². The summed E-state index contributed by atoms with van der Waals surface area (Å²) in [4.78, 5) is 2.56. The number of rotatable bonds is 6. The van der Waals surface area contributed by atoms with Gasteiger partial charge < -0.3 is 10.2 Å². The lowest BCUT2D eigenvalue weighted by Gasteiger charge is -2.19. The van der Waals surface area contributed by atoms with Gasteiger partial charge in [0.2, 0.25) is 0 Å². The molecule has 0 fully saturated rings. The first-order valence-corrected chi connectivity index (χ1v) is 8.38. The van der Waals surface area contributed by atoms with Crippen LogP contribution in [-0.4, -0.2) is 20.1 Å². The third-order valence-electron chi connectivity index (χ3n) is 4.51. The van der Waals surface area contributed by atoms with E-state index in [-0.39, 0.29) is 0 Å². The molecule has 0 amide bonds. The van der Waals surface area contributed by atoms with E-state index in [1.807, 2.05) is 7.05 Å². The molecule has 0 bridgehead atoms. The molecule has 0 aromatic heterocycles. The monoisotopic (exact) mass is 294 g/mol. The highest BCUT2D eigenvalue weighted by molar-refractivity contribution is 5.61. The minimum absolute atomic E-state index is 0.612. The van der Waals surface area contributed by atoms with Gasteiger partial charge in [0.1, 0.15) is 0 Å². The molecule has 1 unspecified atom stereocenters. The van der Waals surface area contributed by atoms with Crippen molar-refractivity contribution < 1.29 is 0 Å². The number of nitrogens with one attached hydrogen (secondary N) is 1. The summed E-state index contributed by atoms with van der Waals surface area (Å²) in [6.45, 7) is 5.52. The number of anilines is 1. The van der Waals surface area contributed by atoms with Gasteiger partial charge in [0, 0.05) is 31.2 Å². The molecule has 1 N–H and O–H groups in total. The second kappa shape index (κ2) is 6.97. The van der Waals surface area contributed by atoms with Crippen molar-refractivity contribution in [1.29, 1.82) is 0 Å². The molecule has 2 heteroatoms. The Morgan fingerprint density at radius 2 is 1.91 bits per heavy atom. The molecule has 1 heterocycles. The van der Waals surface area contributed by atoms with E-state index in [4.69, 9.17) is 0 Å². The van der Waals surface area contributed by atoms with Crippen molar-refractivity contribution in [3.8, 4) is 0 Å². The minimum atomic E-state index is 0.612. The number of hydrogen-bond acceptors (Lipinski definition) is 2. The molecule has 0 radical (unpaired) electrons. The van der Waals surface area contributed by atoms with Crippen LogP contribution in [0.2, 0.25) is 0 Å². The Morgan fingerprint density at radius 3 is 2.64 bits per heavy atom. The predicted molar refractivity (Wildman–Crippen MR) is 94.6 cm³/mol. The van der Waals surface area contributed by atoms with Gasteiger partial charge >= 0.3 is 0 Å². The molecular formula is C20H26N2. The van der Waals surface area contributed by atoms with Crippen molar-refractivity contribution in [2.45, 2.75) is 32.2 Å². The number of hydrogen-bond donors (Lipinski definition) is 1. The molecule has 2 aromatic carbocycles. The van der Waals surface area contributed by atoms with Crippen LogP contribution < -0.4 is 10.2 Å². The van der Waals surface area contributed by atoms with Gasteiger partial charge in [0.25, 0.3) is 0 Å². The molecule has 3 rings (SSSR count). The molecule has 0 saturated carbocycles. The first-order valence-electron chi connectivity index (χ1n) is 8.38. The van der Waals surface area contributed by atoms with Crippen LogP contribution in [0.1, 0.15) is 36.0 Å². The van der Waals surface area contributed by atoms with Crippen molar-refractivity contribution in [2.24, 2.45) is 0 Å². The third kappa shape index (κ3) is 3.17. The average Bonchev–Trinajstić information content (AvgIpc) is 2.87. The fourth-order valence-electron chi connectivity index (χ4n) is 3.55. The van der Waals surface area contributed by atoms with Crippen molar-refractivity contribution in [2.75, 3.05) is 25.0 Å². The SMILES string of the molecule is CCCN1CC(Cc2ccccc2)c2cc(CNC)ccc21. The molecule has 0 aliphatic carbocycles. The van der Waals surface area contributed by atoms with Gasteiger partial charge in [0.05, 0.1) is 0 Å². The van der Waals surface area contributed by atoms with Crippen molar-refractivity contribution in [3.63, 3.8) is 0 Å². The highest BCUT2D eigenvalue weighted by Crippen LogP contribution is 2.38. The topological polar surface area (TPSA) is 15.3 Å². The maximum atomic E-state index is 3.26. The Labute approximate surface area is 134 Å². The number of benzene rings is 2. The van der Waals surface area contributed by atoms with E-state index in [0.717, 1.165) is 26.1 Å². The molecule has 0 spiro atoms. The lowest BCUT2D eigenvalue weighted by molar-refractivity contribution is 0.681. The van der Waals surface area contributed by atoms with Gasteiger partial charge in [-0.05, 0) is 42.6 Å². The van der Waals surface area contributed by atoms with E-state index in [1.54, 1.807) is 0 Å². The molecule has 2 aromatic rings. The summed E-state index contributed by atoms with van der Waals surface area (Å²) < 4.78 is 0. The van der Waals surface area contributed by atoms with Gasteiger partial charge in [0.15, 0.2) is 0 Å². The van der Waals surface area contributed by atoms with E-state index in [0.29, 0.717) is 5.92 Å². The van der Waals surface area contributed by atoms with Gasteiger partial charge in [-0.15, -0.1) is 0 Å². The normalized spacial score (nSPS) is 16.8. The summed E-state index contributed by atoms with van der Waals surface area (Å²) in [7, 11) is 2.01. The zero-order valence-corrected chi connectivity index (χ0v) is 13.7. The molecule has 1 atom stereocenters. The number of fused-ring (bicyclic) bond motifs is 1. The average molecular weight is 294 g/mol. The van der Waals surface area contributed by atoms with Crippen molar-refractivity contribution in [1.82, 2.24) is 5.32 Å². The van der Waals surface area contributed by atoms with Gasteiger partial charge in [-0.25, -0.2) is 0 Å². The molecule has 0 saturated heterocycles. The third-order valence-corrected chi connectivity index (χ3v) is 4.51. The smallest absolute Gasteiger partial charge is 0.0402 e. The summed E-state index contributed by atoms with van der Waals surface area (Å²) in [5.41, 5.74) is 5.81. The summed E-state index contributed by atoms with van der Waals surface area (Å²) in [5, 5.41) is 3.26. The molecule has 2 nitrogen and oxygen atoms in total. The minimum Gasteiger partial charge on any atom is -0.371 e. The largest absolute Gasteiger partial charge is 0.371 e. The maximum Gasteiger partial charge on any atom is 0.0402 e. The fraction of sp³-hybridized carbons (Fsp3) is 0.400. The highest BCUT2D eigenvalue weighted by atomic mass is 15.1. The first-order chi connectivity index (χ1) is 10.8. The zero-order valence-electron chi connectivity index (χ0n) is 13.7. The quantitative estimate of drug-likeness (QED) is 0.867. The summed E-state index contributed by atoms with van der Waals surface area (Å²) in [5.74, 6) is 0.612. The molecule has 116 valence electrons. The highest BCUT2D eigenvalue weighted by Gasteiger charge is 2.28. The second-order valence-electron chi connectivity index (χ2n) is 6.26. The van der Waals surface area contributed by atoms with Gasteiger partial charge in [-0.2, -0.15) is 0 Å². The van der Waals surface area contributed by atoms with E-state index >= 15 is 0 Å². The zero-order chi connectivity index (χ0) is 15.4. The van der Waals surface area contributed by atoms with Crippen molar-refractivity contribution in [3.05, 3.63) is 65.2 Å².